The Balaban J connectivity index is 3.60. The summed E-state index contributed by atoms with van der Waals surface area (Å²) in [6.45, 7) is 5.55. The monoisotopic (exact) mass is 260 g/mol. The van der Waals surface area contributed by atoms with Crippen molar-refractivity contribution >= 4 is 12.0 Å². The van der Waals surface area contributed by atoms with Crippen molar-refractivity contribution in [2.45, 2.75) is 26.7 Å². The van der Waals surface area contributed by atoms with Crippen molar-refractivity contribution in [3.05, 3.63) is 0 Å². The summed E-state index contributed by atoms with van der Waals surface area (Å²) in [6, 6.07) is -0.222. The largest absolute Gasteiger partial charge is 0.481 e. The number of ether oxygens (including phenoxy) is 1. The van der Waals surface area contributed by atoms with E-state index in [0.717, 1.165) is 0 Å². The Bertz CT molecular complexity index is 258. The fraction of sp³-hybridized carbons (Fsp3) is 0.833. The molecule has 0 saturated carbocycles. The summed E-state index contributed by atoms with van der Waals surface area (Å²) in [5.41, 5.74) is 0. The number of aliphatic carboxylic acids is 1. The van der Waals surface area contributed by atoms with Crippen molar-refractivity contribution in [3.63, 3.8) is 0 Å². The van der Waals surface area contributed by atoms with Crippen LogP contribution < -0.4 is 10.6 Å². The molecule has 0 saturated heterocycles. The molecular formula is C12H24N2O4. The average Bonchev–Trinajstić information content (AvgIpc) is 2.31. The lowest BCUT2D eigenvalue weighted by molar-refractivity contribution is -0.137. The third-order valence-electron chi connectivity index (χ3n) is 2.52. The Labute approximate surface area is 108 Å². The molecule has 0 aromatic rings. The molecule has 2 amide bonds. The lowest BCUT2D eigenvalue weighted by Crippen LogP contribution is -2.40. The van der Waals surface area contributed by atoms with Gasteiger partial charge in [0.2, 0.25) is 0 Å². The highest BCUT2D eigenvalue weighted by Gasteiger charge is 2.08. The maximum absolute atomic E-state index is 11.4. The summed E-state index contributed by atoms with van der Waals surface area (Å²) in [5, 5.41) is 14.0. The van der Waals surface area contributed by atoms with Crippen LogP contribution in [0, 0.1) is 11.8 Å². The first kappa shape index (κ1) is 16.7. The smallest absolute Gasteiger partial charge is 0.314 e. The Kier molecular flexibility index (Phi) is 9.00. The van der Waals surface area contributed by atoms with E-state index in [9.17, 15) is 9.59 Å². The summed E-state index contributed by atoms with van der Waals surface area (Å²) in [5.74, 6) is -0.381. The van der Waals surface area contributed by atoms with E-state index in [1.165, 1.54) is 0 Å². The number of urea groups is 1. The predicted molar refractivity (Wildman–Crippen MR) is 68.5 cm³/mol. The number of carbonyl (C=O) groups is 2. The van der Waals surface area contributed by atoms with Gasteiger partial charge in [-0.2, -0.15) is 0 Å². The second kappa shape index (κ2) is 9.70. The predicted octanol–water partition coefficient (Wildman–Crippen LogP) is 1.07. The van der Waals surface area contributed by atoms with Gasteiger partial charge in [0.1, 0.15) is 0 Å². The molecule has 0 aromatic carbocycles. The van der Waals surface area contributed by atoms with E-state index in [-0.39, 0.29) is 24.3 Å². The van der Waals surface area contributed by atoms with Crippen LogP contribution in [0.4, 0.5) is 4.79 Å². The van der Waals surface area contributed by atoms with Gasteiger partial charge in [-0.15, -0.1) is 0 Å². The molecule has 0 radical (unpaired) electrons. The SMILES string of the molecule is COCC(C)CNC(=O)NCC(C)CCC(=O)O. The normalized spacial score (nSPS) is 13.7. The van der Waals surface area contributed by atoms with E-state index in [4.69, 9.17) is 9.84 Å². The fourth-order valence-corrected chi connectivity index (χ4v) is 1.41. The van der Waals surface area contributed by atoms with Crippen LogP contribution >= 0.6 is 0 Å². The van der Waals surface area contributed by atoms with Crippen LogP contribution in [0.2, 0.25) is 0 Å². The lowest BCUT2D eigenvalue weighted by Gasteiger charge is -2.14. The van der Waals surface area contributed by atoms with E-state index in [0.29, 0.717) is 26.1 Å². The third-order valence-corrected chi connectivity index (χ3v) is 2.52. The van der Waals surface area contributed by atoms with Gasteiger partial charge < -0.3 is 20.5 Å². The van der Waals surface area contributed by atoms with Crippen molar-refractivity contribution in [3.8, 4) is 0 Å². The molecule has 0 aliphatic rings. The molecule has 3 N–H and O–H groups in total. The molecule has 0 aliphatic carbocycles. The van der Waals surface area contributed by atoms with Crippen molar-refractivity contribution in [1.29, 1.82) is 0 Å². The summed E-state index contributed by atoms with van der Waals surface area (Å²) >= 11 is 0. The van der Waals surface area contributed by atoms with E-state index < -0.39 is 5.97 Å². The van der Waals surface area contributed by atoms with E-state index in [1.807, 2.05) is 13.8 Å². The van der Waals surface area contributed by atoms with Crippen LogP contribution in [0.5, 0.6) is 0 Å². The molecule has 0 spiro atoms. The molecule has 0 bridgehead atoms. The highest BCUT2D eigenvalue weighted by atomic mass is 16.5. The highest BCUT2D eigenvalue weighted by molar-refractivity contribution is 5.73. The number of carboxylic acids is 1. The van der Waals surface area contributed by atoms with E-state index in [1.54, 1.807) is 7.11 Å². The summed E-state index contributed by atoms with van der Waals surface area (Å²) < 4.78 is 4.96. The Morgan fingerprint density at radius 1 is 1.17 bits per heavy atom. The number of carboxylic acid groups (broad SMARTS) is 1. The molecule has 0 heterocycles. The van der Waals surface area contributed by atoms with Gasteiger partial charge in [-0.3, -0.25) is 4.79 Å². The first-order valence-corrected chi connectivity index (χ1v) is 6.18. The van der Waals surface area contributed by atoms with Crippen LogP contribution in [0.15, 0.2) is 0 Å². The number of hydrogen-bond donors (Lipinski definition) is 3. The lowest BCUT2D eigenvalue weighted by atomic mass is 10.1. The number of carbonyl (C=O) groups excluding carboxylic acids is 1. The molecule has 2 unspecified atom stereocenters. The number of rotatable bonds is 9. The minimum Gasteiger partial charge on any atom is -0.481 e. The first-order chi connectivity index (χ1) is 8.45. The molecule has 0 fully saturated rings. The van der Waals surface area contributed by atoms with Crippen LogP contribution in [-0.4, -0.2) is 43.9 Å². The van der Waals surface area contributed by atoms with Gasteiger partial charge in [0.05, 0.1) is 6.61 Å². The molecule has 0 aliphatic heterocycles. The van der Waals surface area contributed by atoms with Gasteiger partial charge >= 0.3 is 12.0 Å². The van der Waals surface area contributed by atoms with Crippen molar-refractivity contribution < 1.29 is 19.4 Å². The van der Waals surface area contributed by atoms with Crippen molar-refractivity contribution in [2.75, 3.05) is 26.8 Å². The number of nitrogens with one attached hydrogen (secondary N) is 2. The Morgan fingerprint density at radius 2 is 1.72 bits per heavy atom. The molecule has 2 atom stereocenters. The maximum Gasteiger partial charge on any atom is 0.314 e. The number of methoxy groups -OCH3 is 1. The maximum atomic E-state index is 11.4. The van der Waals surface area contributed by atoms with E-state index >= 15 is 0 Å². The first-order valence-electron chi connectivity index (χ1n) is 6.18. The average molecular weight is 260 g/mol. The van der Waals surface area contributed by atoms with Crippen molar-refractivity contribution in [2.24, 2.45) is 11.8 Å². The molecule has 18 heavy (non-hydrogen) atoms. The summed E-state index contributed by atoms with van der Waals surface area (Å²) in [7, 11) is 1.63. The molecular weight excluding hydrogens is 236 g/mol. The molecule has 6 heteroatoms. The zero-order chi connectivity index (χ0) is 14.0. The second-order valence-electron chi connectivity index (χ2n) is 4.69. The molecule has 0 aromatic heterocycles. The van der Waals surface area contributed by atoms with Crippen LogP contribution in [0.1, 0.15) is 26.7 Å². The van der Waals surface area contributed by atoms with Gasteiger partial charge in [0.15, 0.2) is 0 Å². The standard InChI is InChI=1S/C12H24N2O4/c1-9(4-5-11(15)16)6-13-12(17)14-7-10(2)8-18-3/h9-10H,4-8H2,1-3H3,(H,15,16)(H2,13,14,17). The Hall–Kier alpha value is -1.30. The number of amides is 2. The van der Waals surface area contributed by atoms with Gasteiger partial charge in [0, 0.05) is 26.6 Å². The van der Waals surface area contributed by atoms with Crippen molar-refractivity contribution in [1.82, 2.24) is 10.6 Å². The minimum absolute atomic E-state index is 0.134. The summed E-state index contributed by atoms with van der Waals surface area (Å²) in [6.07, 6.45) is 0.699. The summed E-state index contributed by atoms with van der Waals surface area (Å²) in [4.78, 5) is 21.8. The quantitative estimate of drug-likeness (QED) is 0.578. The van der Waals surface area contributed by atoms with Gasteiger partial charge in [0.25, 0.3) is 0 Å². The van der Waals surface area contributed by atoms with Gasteiger partial charge in [-0.25, -0.2) is 4.79 Å². The molecule has 106 valence electrons. The van der Waals surface area contributed by atoms with Crippen LogP contribution in [-0.2, 0) is 9.53 Å². The minimum atomic E-state index is -0.806. The third kappa shape index (κ3) is 9.89. The molecule has 6 nitrogen and oxygen atoms in total. The van der Waals surface area contributed by atoms with Gasteiger partial charge in [-0.05, 0) is 18.3 Å². The van der Waals surface area contributed by atoms with Crippen LogP contribution in [0.25, 0.3) is 0 Å². The topological polar surface area (TPSA) is 87.7 Å². The van der Waals surface area contributed by atoms with E-state index in [2.05, 4.69) is 10.6 Å². The Morgan fingerprint density at radius 3 is 2.22 bits per heavy atom. The highest BCUT2D eigenvalue weighted by Crippen LogP contribution is 2.03. The zero-order valence-electron chi connectivity index (χ0n) is 11.4. The number of hydrogen-bond acceptors (Lipinski definition) is 3. The zero-order valence-corrected chi connectivity index (χ0v) is 11.4. The fourth-order valence-electron chi connectivity index (χ4n) is 1.41. The molecule has 0 rings (SSSR count). The van der Waals surface area contributed by atoms with Gasteiger partial charge in [-0.1, -0.05) is 13.8 Å². The van der Waals surface area contributed by atoms with Crippen LogP contribution in [0.3, 0.4) is 0 Å². The second-order valence-corrected chi connectivity index (χ2v) is 4.69.